The number of phenols is 2. The molecule has 0 fully saturated rings. The van der Waals surface area contributed by atoms with Crippen LogP contribution in [0.3, 0.4) is 0 Å². The average molecular weight is 392 g/mol. The van der Waals surface area contributed by atoms with Crippen LogP contribution in [0, 0.1) is 22.7 Å². The Hall–Kier alpha value is -4.68. The van der Waals surface area contributed by atoms with Crippen molar-refractivity contribution in [1.29, 1.82) is 10.5 Å². The van der Waals surface area contributed by atoms with Gasteiger partial charge in [-0.3, -0.25) is 9.97 Å². The molecule has 0 saturated heterocycles. The number of aromatic hydroxyl groups is 2. The number of benzene rings is 2. The number of aromatic nitrogens is 2. The zero-order chi connectivity index (χ0) is 21.3. The van der Waals surface area contributed by atoms with Crippen LogP contribution in [-0.4, -0.2) is 20.2 Å². The molecule has 0 aliphatic rings. The van der Waals surface area contributed by atoms with Crippen LogP contribution in [0.4, 0.5) is 0 Å². The van der Waals surface area contributed by atoms with E-state index in [2.05, 4.69) is 9.97 Å². The van der Waals surface area contributed by atoms with E-state index in [-0.39, 0.29) is 11.5 Å². The van der Waals surface area contributed by atoms with E-state index < -0.39 is 0 Å². The summed E-state index contributed by atoms with van der Waals surface area (Å²) >= 11 is 0. The van der Waals surface area contributed by atoms with Gasteiger partial charge in [-0.15, -0.1) is 0 Å². The van der Waals surface area contributed by atoms with E-state index in [1.165, 1.54) is 0 Å². The van der Waals surface area contributed by atoms with Gasteiger partial charge in [0.1, 0.15) is 11.5 Å². The third kappa shape index (κ3) is 4.78. The summed E-state index contributed by atoms with van der Waals surface area (Å²) in [5.41, 5.74) is 3.54. The number of hydrogen-bond acceptors (Lipinski definition) is 6. The molecular weight excluding hydrogens is 376 g/mol. The lowest BCUT2D eigenvalue weighted by molar-refractivity contribution is 0.476. The molecule has 2 N–H and O–H groups in total. The Balaban J connectivity index is 0.000000171. The molecule has 0 atom stereocenters. The lowest BCUT2D eigenvalue weighted by Crippen LogP contribution is -1.85. The van der Waals surface area contributed by atoms with Crippen LogP contribution in [0.2, 0.25) is 0 Å². The van der Waals surface area contributed by atoms with Crippen molar-refractivity contribution in [3.05, 3.63) is 96.3 Å². The topological polar surface area (TPSA) is 114 Å². The maximum atomic E-state index is 9.60. The normalized spacial score (nSPS) is 9.53. The molecule has 0 amide bonds. The minimum atomic E-state index is 0.167. The van der Waals surface area contributed by atoms with E-state index in [0.29, 0.717) is 33.6 Å². The Morgan fingerprint density at radius 1 is 0.600 bits per heavy atom. The first-order valence-electron chi connectivity index (χ1n) is 8.91. The monoisotopic (exact) mass is 392 g/mol. The molecule has 0 saturated carbocycles. The second-order valence-corrected chi connectivity index (χ2v) is 6.12. The molecule has 4 rings (SSSR count). The fourth-order valence-electron chi connectivity index (χ4n) is 2.68. The predicted molar refractivity (Wildman–Crippen MR) is 112 cm³/mol. The fourth-order valence-corrected chi connectivity index (χ4v) is 2.68. The molecule has 30 heavy (non-hydrogen) atoms. The molecule has 6 nitrogen and oxygen atoms in total. The van der Waals surface area contributed by atoms with Gasteiger partial charge in [-0.2, -0.15) is 10.5 Å². The van der Waals surface area contributed by atoms with Gasteiger partial charge in [-0.05, 0) is 48.5 Å². The molecule has 2 aromatic carbocycles. The quantitative estimate of drug-likeness (QED) is 0.513. The first kappa shape index (κ1) is 20.1. The largest absolute Gasteiger partial charge is 0.507 e. The summed E-state index contributed by atoms with van der Waals surface area (Å²) in [6, 6.07) is 24.5. The third-order valence-electron chi connectivity index (χ3n) is 4.14. The molecule has 0 radical (unpaired) electrons. The zero-order valence-corrected chi connectivity index (χ0v) is 15.8. The number of rotatable bonds is 2. The number of hydrogen-bond donors (Lipinski definition) is 2. The summed E-state index contributed by atoms with van der Waals surface area (Å²) in [5, 5.41) is 36.7. The molecule has 144 valence electrons. The first-order chi connectivity index (χ1) is 14.6. The van der Waals surface area contributed by atoms with E-state index in [1.807, 2.05) is 24.3 Å². The van der Waals surface area contributed by atoms with Gasteiger partial charge in [0.15, 0.2) is 0 Å². The van der Waals surface area contributed by atoms with Crippen molar-refractivity contribution < 1.29 is 10.2 Å². The van der Waals surface area contributed by atoms with E-state index >= 15 is 0 Å². The van der Waals surface area contributed by atoms with Crippen LogP contribution in [0.1, 0.15) is 11.1 Å². The van der Waals surface area contributed by atoms with E-state index in [9.17, 15) is 10.2 Å². The van der Waals surface area contributed by atoms with Gasteiger partial charge >= 0.3 is 0 Å². The smallest absolute Gasteiger partial charge is 0.124 e. The van der Waals surface area contributed by atoms with Crippen LogP contribution in [0.25, 0.3) is 22.5 Å². The minimum absolute atomic E-state index is 0.167. The van der Waals surface area contributed by atoms with Gasteiger partial charge in [0.25, 0.3) is 0 Å². The molecule has 0 unspecified atom stereocenters. The number of phenolic OH excluding ortho intramolecular Hbond substituents is 2. The van der Waals surface area contributed by atoms with Gasteiger partial charge in [-0.25, -0.2) is 0 Å². The van der Waals surface area contributed by atoms with Crippen molar-refractivity contribution in [2.45, 2.75) is 0 Å². The Morgan fingerprint density at radius 3 is 1.37 bits per heavy atom. The van der Waals surface area contributed by atoms with Crippen LogP contribution >= 0.6 is 0 Å². The number of para-hydroxylation sites is 2. The van der Waals surface area contributed by atoms with E-state index in [1.54, 1.807) is 73.1 Å². The van der Waals surface area contributed by atoms with Gasteiger partial charge in [0, 0.05) is 23.5 Å². The molecule has 0 aliphatic carbocycles. The molecule has 0 spiro atoms. The summed E-state index contributed by atoms with van der Waals surface area (Å²) in [6.07, 6.45) is 3.11. The lowest BCUT2D eigenvalue weighted by atomic mass is 10.1. The van der Waals surface area contributed by atoms with Crippen molar-refractivity contribution in [3.63, 3.8) is 0 Å². The first-order valence-corrected chi connectivity index (χ1v) is 8.91. The SMILES string of the molecule is N#Cc1ccnc(-c2ccccc2O)c1.N#Cc1ccnc(-c2ccccc2O)c1. The Bertz CT molecular complexity index is 1160. The molecule has 6 heteroatoms. The van der Waals surface area contributed by atoms with Crippen LogP contribution < -0.4 is 0 Å². The third-order valence-corrected chi connectivity index (χ3v) is 4.14. The van der Waals surface area contributed by atoms with Crippen molar-refractivity contribution in [1.82, 2.24) is 9.97 Å². The average Bonchev–Trinajstić information content (AvgIpc) is 2.80. The molecule has 2 heterocycles. The van der Waals surface area contributed by atoms with Crippen molar-refractivity contribution in [2.24, 2.45) is 0 Å². The molecule has 2 aromatic heterocycles. The van der Waals surface area contributed by atoms with Gasteiger partial charge in [-0.1, -0.05) is 24.3 Å². The van der Waals surface area contributed by atoms with Crippen LogP contribution in [0.15, 0.2) is 85.2 Å². The van der Waals surface area contributed by atoms with E-state index in [4.69, 9.17) is 10.5 Å². The lowest BCUT2D eigenvalue weighted by Gasteiger charge is -2.02. The Morgan fingerprint density at radius 2 is 1.00 bits per heavy atom. The summed E-state index contributed by atoms with van der Waals surface area (Å²) in [7, 11) is 0. The number of nitrogens with zero attached hydrogens (tertiary/aromatic N) is 4. The molecule has 0 bridgehead atoms. The summed E-state index contributed by atoms with van der Waals surface area (Å²) in [4.78, 5) is 8.21. The summed E-state index contributed by atoms with van der Waals surface area (Å²) < 4.78 is 0. The zero-order valence-electron chi connectivity index (χ0n) is 15.8. The predicted octanol–water partition coefficient (Wildman–Crippen LogP) is 4.65. The maximum absolute atomic E-state index is 9.60. The van der Waals surface area contributed by atoms with Crippen LogP contribution in [0.5, 0.6) is 11.5 Å². The van der Waals surface area contributed by atoms with E-state index in [0.717, 1.165) is 0 Å². The number of pyridine rings is 2. The van der Waals surface area contributed by atoms with Crippen molar-refractivity contribution in [2.75, 3.05) is 0 Å². The van der Waals surface area contributed by atoms with Crippen molar-refractivity contribution >= 4 is 0 Å². The Kier molecular flexibility index (Phi) is 6.35. The standard InChI is InChI=1S/2C12H8N2O/c2*13-8-9-5-6-14-11(7-9)10-3-1-2-4-12(10)15/h2*1-7,15H. The van der Waals surface area contributed by atoms with Gasteiger partial charge in [0.2, 0.25) is 0 Å². The molecular formula is C24H16N4O2. The fraction of sp³-hybridized carbons (Fsp3) is 0. The molecule has 4 aromatic rings. The second kappa shape index (κ2) is 9.50. The molecule has 0 aliphatic heterocycles. The summed E-state index contributed by atoms with van der Waals surface area (Å²) in [5.74, 6) is 0.333. The second-order valence-electron chi connectivity index (χ2n) is 6.12. The highest BCUT2D eigenvalue weighted by molar-refractivity contribution is 5.68. The maximum Gasteiger partial charge on any atom is 0.124 e. The van der Waals surface area contributed by atoms with Crippen molar-refractivity contribution in [3.8, 4) is 46.2 Å². The highest BCUT2D eigenvalue weighted by Gasteiger charge is 2.05. The summed E-state index contributed by atoms with van der Waals surface area (Å²) in [6.45, 7) is 0. The van der Waals surface area contributed by atoms with Gasteiger partial charge < -0.3 is 10.2 Å². The number of nitriles is 2. The van der Waals surface area contributed by atoms with Crippen LogP contribution in [-0.2, 0) is 0 Å². The minimum Gasteiger partial charge on any atom is -0.507 e. The Labute approximate surface area is 173 Å². The highest BCUT2D eigenvalue weighted by Crippen LogP contribution is 2.27. The van der Waals surface area contributed by atoms with Gasteiger partial charge in [0.05, 0.1) is 34.7 Å². The highest BCUT2D eigenvalue weighted by atomic mass is 16.3.